The zero-order valence-corrected chi connectivity index (χ0v) is 12.9. The summed E-state index contributed by atoms with van der Waals surface area (Å²) in [6.07, 6.45) is 0. The van der Waals surface area contributed by atoms with Crippen LogP contribution in [0, 0.1) is 23.3 Å². The summed E-state index contributed by atoms with van der Waals surface area (Å²) in [7, 11) is -1.95. The van der Waals surface area contributed by atoms with Gasteiger partial charge in [0, 0.05) is 0 Å². The maximum absolute atomic E-state index is 13.4. The van der Waals surface area contributed by atoms with E-state index in [9.17, 15) is 17.6 Å². The summed E-state index contributed by atoms with van der Waals surface area (Å²) in [6.45, 7) is 0. The largest absolute Gasteiger partial charge is 0.204 e. The van der Waals surface area contributed by atoms with Gasteiger partial charge in [-0.05, 0) is 22.5 Å². The third kappa shape index (κ3) is 3.33. The summed E-state index contributed by atoms with van der Waals surface area (Å²) in [5, 5.41) is 0.841. The second-order valence-electron chi connectivity index (χ2n) is 4.28. The molecule has 0 heterocycles. The van der Waals surface area contributed by atoms with Gasteiger partial charge >= 0.3 is 0 Å². The molecule has 0 saturated heterocycles. The quantitative estimate of drug-likeness (QED) is 0.581. The van der Waals surface area contributed by atoms with Crippen LogP contribution in [-0.4, -0.2) is 19.0 Å². The monoisotopic (exact) mass is 300 g/mol. The van der Waals surface area contributed by atoms with Crippen molar-refractivity contribution in [3.8, 4) is 0 Å². The molecular weight excluding hydrogens is 288 g/mol. The molecular formula is C13H12F4Si2. The van der Waals surface area contributed by atoms with Crippen LogP contribution in [0.15, 0.2) is 36.4 Å². The van der Waals surface area contributed by atoms with E-state index in [0.717, 1.165) is 12.1 Å². The molecule has 0 atom stereocenters. The molecule has 0 N–H and O–H groups in total. The molecule has 0 spiro atoms. The molecule has 2 aromatic carbocycles. The standard InChI is InChI=1S/C13H12F4Si2/c14-8-3-1-5-10(12(8)16)18-7-19-11-6-2-4-9(15)13(11)17/h1-6H,7,18-19H2. The van der Waals surface area contributed by atoms with E-state index in [2.05, 4.69) is 0 Å². The molecule has 0 amide bonds. The fraction of sp³-hybridized carbons (Fsp3) is 0.0769. The fourth-order valence-corrected chi connectivity index (χ4v) is 7.09. The van der Waals surface area contributed by atoms with Gasteiger partial charge in [-0.15, -0.1) is 0 Å². The molecule has 6 heteroatoms. The average Bonchev–Trinajstić information content (AvgIpc) is 2.39. The first-order valence-corrected chi connectivity index (χ1v) is 9.37. The molecule has 0 aliphatic carbocycles. The molecule has 0 fully saturated rings. The van der Waals surface area contributed by atoms with Crippen LogP contribution in [-0.2, 0) is 0 Å². The van der Waals surface area contributed by atoms with Gasteiger partial charge in [0.25, 0.3) is 0 Å². The van der Waals surface area contributed by atoms with Gasteiger partial charge in [-0.3, -0.25) is 0 Å². The van der Waals surface area contributed by atoms with Gasteiger partial charge in [-0.25, -0.2) is 17.6 Å². The van der Waals surface area contributed by atoms with E-state index in [0.29, 0.717) is 16.0 Å². The van der Waals surface area contributed by atoms with Crippen LogP contribution >= 0.6 is 0 Å². The van der Waals surface area contributed by atoms with Crippen molar-refractivity contribution >= 4 is 29.4 Å². The predicted octanol–water partition coefficient (Wildman–Crippen LogP) is 0.907. The van der Waals surface area contributed by atoms with Crippen molar-refractivity contribution in [1.29, 1.82) is 0 Å². The van der Waals surface area contributed by atoms with Crippen molar-refractivity contribution in [3.05, 3.63) is 59.7 Å². The summed E-state index contributed by atoms with van der Waals surface area (Å²) >= 11 is 0. The zero-order valence-electron chi connectivity index (χ0n) is 10.1. The first-order chi connectivity index (χ1) is 9.09. The Morgan fingerprint density at radius 1 is 0.684 bits per heavy atom. The zero-order chi connectivity index (χ0) is 13.8. The van der Waals surface area contributed by atoms with Gasteiger partial charge in [0.1, 0.15) is 0 Å². The van der Waals surface area contributed by atoms with Crippen molar-refractivity contribution in [1.82, 2.24) is 0 Å². The van der Waals surface area contributed by atoms with Crippen LogP contribution in [0.25, 0.3) is 0 Å². The molecule has 100 valence electrons. The van der Waals surface area contributed by atoms with Crippen LogP contribution in [0.3, 0.4) is 0 Å². The van der Waals surface area contributed by atoms with E-state index in [1.165, 1.54) is 12.1 Å². The summed E-state index contributed by atoms with van der Waals surface area (Å²) < 4.78 is 52.8. The van der Waals surface area contributed by atoms with E-state index >= 15 is 0 Å². The van der Waals surface area contributed by atoms with Crippen LogP contribution < -0.4 is 10.4 Å². The molecule has 2 aromatic rings. The van der Waals surface area contributed by atoms with E-state index in [1.807, 2.05) is 0 Å². The Hall–Kier alpha value is -1.41. The normalized spacial score (nSPS) is 12.0. The number of hydrogen-bond donors (Lipinski definition) is 0. The van der Waals surface area contributed by atoms with Crippen LogP contribution in [0.1, 0.15) is 0 Å². The minimum atomic E-state index is -0.976. The molecule has 0 radical (unpaired) electrons. The first-order valence-electron chi connectivity index (χ1n) is 5.95. The molecule has 0 aromatic heterocycles. The van der Waals surface area contributed by atoms with Crippen LogP contribution in [0.2, 0.25) is 5.67 Å². The first kappa shape index (κ1) is 14.0. The Bertz CT molecular complexity index is 535. The summed E-state index contributed by atoms with van der Waals surface area (Å²) in [6, 6.07) is 8.26. The van der Waals surface area contributed by atoms with Crippen molar-refractivity contribution < 1.29 is 17.6 Å². The molecule has 0 aliphatic rings. The third-order valence-electron chi connectivity index (χ3n) is 2.96. The molecule has 0 unspecified atom stereocenters. The Labute approximate surface area is 113 Å². The van der Waals surface area contributed by atoms with Crippen molar-refractivity contribution in [2.75, 3.05) is 0 Å². The second-order valence-corrected chi connectivity index (χ2v) is 9.63. The second kappa shape index (κ2) is 6.16. The summed E-state index contributed by atoms with van der Waals surface area (Å²) in [5.74, 6) is -3.27. The van der Waals surface area contributed by atoms with Gasteiger partial charge in [0.2, 0.25) is 0 Å². The molecule has 0 nitrogen and oxygen atoms in total. The van der Waals surface area contributed by atoms with Crippen LogP contribution in [0.4, 0.5) is 17.6 Å². The molecule has 19 heavy (non-hydrogen) atoms. The van der Waals surface area contributed by atoms with Gasteiger partial charge in [0.15, 0.2) is 23.3 Å². The van der Waals surface area contributed by atoms with Crippen molar-refractivity contribution in [3.63, 3.8) is 0 Å². The van der Waals surface area contributed by atoms with Gasteiger partial charge in [-0.1, -0.05) is 29.9 Å². The Morgan fingerprint density at radius 2 is 1.11 bits per heavy atom. The Balaban J connectivity index is 2.00. The highest BCUT2D eigenvalue weighted by Gasteiger charge is 2.10. The molecule has 0 saturated carbocycles. The lowest BCUT2D eigenvalue weighted by molar-refractivity contribution is 0.514. The minimum Gasteiger partial charge on any atom is -0.204 e. The number of halogens is 4. The fourth-order valence-electron chi connectivity index (χ4n) is 1.95. The third-order valence-corrected chi connectivity index (χ3v) is 7.95. The lowest BCUT2D eigenvalue weighted by Gasteiger charge is -2.04. The van der Waals surface area contributed by atoms with E-state index in [4.69, 9.17) is 0 Å². The van der Waals surface area contributed by atoms with E-state index in [-0.39, 0.29) is 0 Å². The Morgan fingerprint density at radius 3 is 1.53 bits per heavy atom. The van der Waals surface area contributed by atoms with Crippen molar-refractivity contribution in [2.45, 2.75) is 5.67 Å². The van der Waals surface area contributed by atoms with Crippen LogP contribution in [0.5, 0.6) is 0 Å². The average molecular weight is 300 g/mol. The molecule has 0 aliphatic heterocycles. The minimum absolute atomic E-state index is 0.421. The smallest absolute Gasteiger partial charge is 0.158 e. The van der Waals surface area contributed by atoms with Crippen molar-refractivity contribution in [2.24, 2.45) is 0 Å². The lowest BCUT2D eigenvalue weighted by Crippen LogP contribution is -2.26. The number of benzene rings is 2. The highest BCUT2D eigenvalue weighted by molar-refractivity contribution is 6.71. The van der Waals surface area contributed by atoms with E-state index < -0.39 is 42.3 Å². The summed E-state index contributed by atoms with van der Waals surface area (Å²) in [5.41, 5.74) is 0.695. The summed E-state index contributed by atoms with van der Waals surface area (Å²) in [4.78, 5) is 0. The lowest BCUT2D eigenvalue weighted by atomic mass is 10.3. The maximum atomic E-state index is 13.4. The molecule has 2 rings (SSSR count). The van der Waals surface area contributed by atoms with Gasteiger partial charge < -0.3 is 0 Å². The predicted molar refractivity (Wildman–Crippen MR) is 73.9 cm³/mol. The van der Waals surface area contributed by atoms with Gasteiger partial charge in [-0.2, -0.15) is 0 Å². The molecule has 0 bridgehead atoms. The maximum Gasteiger partial charge on any atom is 0.158 e. The highest BCUT2D eigenvalue weighted by atomic mass is 28.3. The highest BCUT2D eigenvalue weighted by Crippen LogP contribution is 2.03. The number of rotatable bonds is 4. The number of hydrogen-bond acceptors (Lipinski definition) is 0. The SMILES string of the molecule is Fc1cccc([SiH2]C[SiH2]c2cccc(F)c2F)c1F. The Kier molecular flexibility index (Phi) is 4.54. The topological polar surface area (TPSA) is 0 Å². The van der Waals surface area contributed by atoms with Gasteiger partial charge in [0.05, 0.1) is 19.0 Å². The van der Waals surface area contributed by atoms with E-state index in [1.54, 1.807) is 12.1 Å².